The minimum atomic E-state index is -1.05. The molecule has 0 aliphatic rings. The van der Waals surface area contributed by atoms with Crippen LogP contribution < -0.4 is 16.0 Å². The molecule has 2 aromatic rings. The Morgan fingerprint density at radius 3 is 2.22 bits per heavy atom. The number of amides is 1. The normalized spacial score (nSPS) is 12.2. The van der Waals surface area contributed by atoms with E-state index in [2.05, 4.69) is 15.3 Å². The number of rotatable bonds is 8. The number of carbonyl (C=O) groups is 3. The third-order valence-corrected chi connectivity index (χ3v) is 4.81. The molecule has 0 spiro atoms. The number of benzene rings is 1. The lowest BCUT2D eigenvalue weighted by molar-refractivity contribution is -0.158. The quantitative estimate of drug-likeness (QED) is 0.504. The molecule has 0 saturated heterocycles. The third kappa shape index (κ3) is 9.07. The fourth-order valence-electron chi connectivity index (χ4n) is 3.12. The van der Waals surface area contributed by atoms with E-state index in [4.69, 9.17) is 20.5 Å². The number of nitrogens with zero attached hydrogens (tertiary/aromatic N) is 4. The van der Waals surface area contributed by atoms with Crippen LogP contribution in [0.3, 0.4) is 0 Å². The summed E-state index contributed by atoms with van der Waals surface area (Å²) in [6.07, 6.45) is 1.39. The van der Waals surface area contributed by atoms with Gasteiger partial charge < -0.3 is 25.4 Å². The number of nitrogens with one attached hydrogen (secondary N) is 1. The minimum Gasteiger partial charge on any atom is -0.460 e. The summed E-state index contributed by atoms with van der Waals surface area (Å²) in [4.78, 5) is 47.7. The molecule has 0 radical (unpaired) electrons. The van der Waals surface area contributed by atoms with Gasteiger partial charge in [-0.3, -0.25) is 9.59 Å². The fourth-order valence-corrected chi connectivity index (χ4v) is 3.12. The first kappa shape index (κ1) is 29.0. The third-order valence-electron chi connectivity index (χ3n) is 4.81. The van der Waals surface area contributed by atoms with E-state index in [0.717, 1.165) is 0 Å². The molecule has 11 nitrogen and oxygen atoms in total. The summed E-state index contributed by atoms with van der Waals surface area (Å²) in [6.45, 7) is 10.4. The smallest absolute Gasteiger partial charge is 0.329 e. The van der Waals surface area contributed by atoms with Crippen LogP contribution in [0.15, 0.2) is 30.5 Å². The van der Waals surface area contributed by atoms with Crippen LogP contribution >= 0.6 is 0 Å². The van der Waals surface area contributed by atoms with Gasteiger partial charge in [-0.25, -0.2) is 14.8 Å². The lowest BCUT2D eigenvalue weighted by Gasteiger charge is -2.25. The second-order valence-corrected chi connectivity index (χ2v) is 10.4. The molecule has 1 aromatic carbocycles. The summed E-state index contributed by atoms with van der Waals surface area (Å²) in [5, 5.41) is 11.8. The monoisotopic (exact) mass is 510 g/mol. The van der Waals surface area contributed by atoms with Gasteiger partial charge in [0.25, 0.3) is 5.91 Å². The van der Waals surface area contributed by atoms with Crippen LogP contribution in [0.5, 0.6) is 0 Å². The molecule has 1 heterocycles. The number of nitrogen functional groups attached to an aromatic ring is 1. The minimum absolute atomic E-state index is 0.0138. The molecule has 198 valence electrons. The van der Waals surface area contributed by atoms with Crippen LogP contribution in [-0.2, 0) is 19.1 Å². The van der Waals surface area contributed by atoms with Crippen molar-refractivity contribution in [3.63, 3.8) is 0 Å². The molecule has 1 atom stereocenters. The standard InChI is InChI=1S/C26H34N6O5/c1-25(2,3)36-21(33)13-12-18(24(35)37-26(4,5)6)31-23(34)16-8-10-17(11-9-16)32(7)20-15-29-22(28)19(14-27)30-20/h8-11,15,18H,12-13H2,1-7H3,(H2,28,29)(H,31,34)/t18-/m1/s1. The topological polar surface area (TPSA) is 161 Å². The van der Waals surface area contributed by atoms with E-state index in [1.165, 1.54) is 6.20 Å². The van der Waals surface area contributed by atoms with Gasteiger partial charge in [-0.1, -0.05) is 0 Å². The van der Waals surface area contributed by atoms with E-state index < -0.39 is 35.1 Å². The van der Waals surface area contributed by atoms with Crippen LogP contribution in [0.2, 0.25) is 0 Å². The average Bonchev–Trinajstić information content (AvgIpc) is 2.79. The molecule has 0 aliphatic heterocycles. The van der Waals surface area contributed by atoms with Crippen molar-refractivity contribution < 1.29 is 23.9 Å². The molecule has 37 heavy (non-hydrogen) atoms. The predicted molar refractivity (Wildman–Crippen MR) is 138 cm³/mol. The van der Waals surface area contributed by atoms with Gasteiger partial charge in [0.05, 0.1) is 6.20 Å². The van der Waals surface area contributed by atoms with Crippen molar-refractivity contribution in [1.82, 2.24) is 15.3 Å². The van der Waals surface area contributed by atoms with Crippen LogP contribution in [0.1, 0.15) is 70.4 Å². The molecule has 3 N–H and O–H groups in total. The zero-order chi connectivity index (χ0) is 28.0. The van der Waals surface area contributed by atoms with Gasteiger partial charge in [0.15, 0.2) is 17.3 Å². The molecule has 0 aliphatic carbocycles. The lowest BCUT2D eigenvalue weighted by atomic mass is 10.1. The van der Waals surface area contributed by atoms with E-state index in [-0.39, 0.29) is 24.4 Å². The molecule has 0 bridgehead atoms. The highest BCUT2D eigenvalue weighted by atomic mass is 16.6. The fraction of sp³-hybridized carbons (Fsp3) is 0.462. The molecule has 0 unspecified atom stereocenters. The number of carbonyl (C=O) groups excluding carboxylic acids is 3. The van der Waals surface area contributed by atoms with Gasteiger partial charge in [-0.05, 0) is 72.2 Å². The van der Waals surface area contributed by atoms with Gasteiger partial charge >= 0.3 is 11.9 Å². The summed E-state index contributed by atoms with van der Waals surface area (Å²) < 4.78 is 10.7. The first-order chi connectivity index (χ1) is 17.1. The zero-order valence-corrected chi connectivity index (χ0v) is 22.3. The molecule has 11 heteroatoms. The van der Waals surface area contributed by atoms with Crippen molar-refractivity contribution in [2.45, 2.75) is 71.6 Å². The molecule has 1 amide bonds. The van der Waals surface area contributed by atoms with Crippen molar-refractivity contribution in [2.75, 3.05) is 17.7 Å². The maximum absolute atomic E-state index is 12.9. The van der Waals surface area contributed by atoms with Crippen molar-refractivity contribution in [3.05, 3.63) is 41.7 Å². The van der Waals surface area contributed by atoms with Gasteiger partial charge in [-0.15, -0.1) is 0 Å². The number of nitrogens with two attached hydrogens (primary N) is 1. The Kier molecular flexibility index (Phi) is 9.17. The highest BCUT2D eigenvalue weighted by Crippen LogP contribution is 2.23. The second-order valence-electron chi connectivity index (χ2n) is 10.4. The van der Waals surface area contributed by atoms with Crippen LogP contribution in [-0.4, -0.2) is 52.1 Å². The van der Waals surface area contributed by atoms with E-state index >= 15 is 0 Å². The van der Waals surface area contributed by atoms with Crippen LogP contribution in [0.4, 0.5) is 17.3 Å². The first-order valence-corrected chi connectivity index (χ1v) is 11.7. The number of aromatic nitrogens is 2. The largest absolute Gasteiger partial charge is 0.460 e. The highest BCUT2D eigenvalue weighted by molar-refractivity contribution is 5.97. The molecular formula is C26H34N6O5. The van der Waals surface area contributed by atoms with E-state index in [9.17, 15) is 14.4 Å². The molecule has 1 aromatic heterocycles. The van der Waals surface area contributed by atoms with Crippen molar-refractivity contribution in [1.29, 1.82) is 5.26 Å². The maximum atomic E-state index is 12.9. The number of hydrogen-bond acceptors (Lipinski definition) is 10. The lowest BCUT2D eigenvalue weighted by Crippen LogP contribution is -2.44. The van der Waals surface area contributed by atoms with Gasteiger partial charge in [-0.2, -0.15) is 5.26 Å². The molecule has 0 saturated carbocycles. The summed E-state index contributed by atoms with van der Waals surface area (Å²) in [5.41, 5.74) is 5.19. The van der Waals surface area contributed by atoms with Gasteiger partial charge in [0, 0.05) is 24.7 Å². The highest BCUT2D eigenvalue weighted by Gasteiger charge is 2.28. The summed E-state index contributed by atoms with van der Waals surface area (Å²) in [7, 11) is 1.73. The van der Waals surface area contributed by atoms with E-state index in [0.29, 0.717) is 17.1 Å². The van der Waals surface area contributed by atoms with Crippen molar-refractivity contribution in [3.8, 4) is 6.07 Å². The Labute approximate surface area is 217 Å². The Morgan fingerprint density at radius 1 is 1.08 bits per heavy atom. The first-order valence-electron chi connectivity index (χ1n) is 11.7. The number of hydrogen-bond donors (Lipinski definition) is 2. The molecule has 2 rings (SSSR count). The predicted octanol–water partition coefficient (Wildman–Crippen LogP) is 3.26. The Hall–Kier alpha value is -4.20. The van der Waals surface area contributed by atoms with E-state index in [1.807, 2.05) is 6.07 Å². The van der Waals surface area contributed by atoms with Crippen molar-refractivity contribution >= 4 is 35.2 Å². The molecular weight excluding hydrogens is 476 g/mol. The zero-order valence-electron chi connectivity index (χ0n) is 22.3. The number of anilines is 3. The van der Waals surface area contributed by atoms with Crippen molar-refractivity contribution in [2.24, 2.45) is 0 Å². The van der Waals surface area contributed by atoms with E-state index in [1.54, 1.807) is 77.8 Å². The summed E-state index contributed by atoms with van der Waals surface area (Å²) >= 11 is 0. The average molecular weight is 511 g/mol. The number of esters is 2. The second kappa shape index (κ2) is 11.7. The van der Waals surface area contributed by atoms with Gasteiger partial charge in [0.2, 0.25) is 0 Å². The summed E-state index contributed by atoms with van der Waals surface area (Å²) in [5.74, 6) is -1.19. The van der Waals surface area contributed by atoms with Crippen LogP contribution in [0.25, 0.3) is 0 Å². The SMILES string of the molecule is CN(c1ccc(C(=O)N[C@H](CCC(=O)OC(C)(C)C)C(=O)OC(C)(C)C)cc1)c1cnc(N)c(C#N)n1. The Morgan fingerprint density at radius 2 is 1.68 bits per heavy atom. The Balaban J connectivity index is 2.15. The molecule has 0 fully saturated rings. The van der Waals surface area contributed by atoms with Crippen LogP contribution in [0, 0.1) is 11.3 Å². The Bertz CT molecular complexity index is 1180. The number of nitriles is 1. The maximum Gasteiger partial charge on any atom is 0.329 e. The van der Waals surface area contributed by atoms with Gasteiger partial charge in [0.1, 0.15) is 23.3 Å². The summed E-state index contributed by atoms with van der Waals surface area (Å²) in [6, 6.07) is 7.37. The number of ether oxygens (including phenoxy) is 2.